The number of hydrogen-bond acceptors (Lipinski definition) is 11. The van der Waals surface area contributed by atoms with Crippen LogP contribution in [0.25, 0.3) is 0 Å². The van der Waals surface area contributed by atoms with Crippen molar-refractivity contribution in [3.8, 4) is 29.4 Å². The summed E-state index contributed by atoms with van der Waals surface area (Å²) in [4.78, 5) is 23.0. The number of allylic oxidation sites excluding steroid dienone is 2. The predicted molar refractivity (Wildman–Crippen MR) is 194 cm³/mol. The van der Waals surface area contributed by atoms with Gasteiger partial charge in [-0.2, -0.15) is 10.5 Å². The first-order valence-corrected chi connectivity index (χ1v) is 18.6. The Labute approximate surface area is 304 Å². The van der Waals surface area contributed by atoms with Crippen LogP contribution in [0.1, 0.15) is 52.7 Å². The second kappa shape index (κ2) is 18.0. The molecule has 0 saturated heterocycles. The van der Waals surface area contributed by atoms with Gasteiger partial charge in [0, 0.05) is 45.8 Å². The van der Waals surface area contributed by atoms with E-state index < -0.39 is 43.1 Å². The first-order chi connectivity index (χ1) is 24.1. The van der Waals surface area contributed by atoms with Crippen LogP contribution in [0.2, 0.25) is 0 Å². The van der Waals surface area contributed by atoms with Crippen LogP contribution in [0.3, 0.4) is 0 Å². The molecule has 0 aromatic heterocycles. The molecule has 276 valence electrons. The number of hydrogen-bond donors (Lipinski definition) is 2. The van der Waals surface area contributed by atoms with Gasteiger partial charge < -0.3 is 24.6 Å². The van der Waals surface area contributed by atoms with E-state index in [0.717, 1.165) is 23.0 Å². The Hall–Kier alpha value is -5.64. The molecule has 3 aromatic rings. The van der Waals surface area contributed by atoms with Crippen molar-refractivity contribution in [1.29, 1.82) is 10.5 Å². The number of ether oxygens (including phenoxy) is 3. The summed E-state index contributed by atoms with van der Waals surface area (Å²) >= 11 is 0. The zero-order valence-electron chi connectivity index (χ0n) is 29.8. The molecule has 3 rings (SSSR count). The first kappa shape index (κ1) is 42.5. The molecule has 0 spiro atoms. The lowest BCUT2D eigenvalue weighted by molar-refractivity contribution is -0.139. The van der Waals surface area contributed by atoms with Crippen LogP contribution in [0, 0.1) is 22.7 Å². The molecule has 0 aliphatic heterocycles. The van der Waals surface area contributed by atoms with Crippen molar-refractivity contribution in [3.63, 3.8) is 0 Å². The Morgan fingerprint density at radius 1 is 0.750 bits per heavy atom. The Balaban J connectivity index is 0.000000378. The number of carbonyl (C=O) groups excluding carboxylic acids is 1. The molecule has 0 radical (unpaired) electrons. The Morgan fingerprint density at radius 3 is 1.62 bits per heavy atom. The van der Waals surface area contributed by atoms with E-state index >= 15 is 0 Å². The van der Waals surface area contributed by atoms with Crippen LogP contribution in [-0.4, -0.2) is 54.1 Å². The fraction of sp³-hybridized carbons (Fsp3) is 0.297. The molecule has 13 nitrogen and oxygen atoms in total. The van der Waals surface area contributed by atoms with Gasteiger partial charge in [-0.25, -0.2) is 21.6 Å². The van der Waals surface area contributed by atoms with Crippen LogP contribution in [0.4, 0.5) is 5.69 Å². The third kappa shape index (κ3) is 12.9. The molecule has 2 N–H and O–H groups in total. The molecule has 0 heterocycles. The second-order valence-corrected chi connectivity index (χ2v) is 16.7. The third-order valence-electron chi connectivity index (χ3n) is 6.88. The SMILES string of the molecule is CC(C)(C)c1cc(S(=O)(=O)C=CC#N)ccc1OCC(=O)O.COc1cccc(NC(=O)COc2ccc(S(=O)(=O)C=CC#N)cc2C(C)(C)C)c1. The van der Waals surface area contributed by atoms with Gasteiger partial charge in [0.05, 0.1) is 29.0 Å². The van der Waals surface area contributed by atoms with Gasteiger partial charge in [-0.1, -0.05) is 47.6 Å². The van der Waals surface area contributed by atoms with E-state index in [1.54, 1.807) is 36.4 Å². The van der Waals surface area contributed by atoms with Crippen LogP contribution < -0.4 is 19.5 Å². The number of rotatable bonds is 12. The quantitative estimate of drug-likeness (QED) is 0.202. The minimum Gasteiger partial charge on any atom is -0.497 e. The topological polar surface area (TPSA) is 210 Å². The number of carbonyl (C=O) groups is 2. The molecule has 0 atom stereocenters. The first-order valence-electron chi connectivity index (χ1n) is 15.5. The van der Waals surface area contributed by atoms with E-state index in [4.69, 9.17) is 29.8 Å². The minimum atomic E-state index is -3.75. The summed E-state index contributed by atoms with van der Waals surface area (Å²) in [6.45, 7) is 10.5. The summed E-state index contributed by atoms with van der Waals surface area (Å²) in [5.41, 5.74) is 0.884. The average Bonchev–Trinajstić information content (AvgIpc) is 3.07. The maximum atomic E-state index is 12.4. The van der Waals surface area contributed by atoms with Crippen molar-refractivity contribution in [3.05, 3.63) is 94.8 Å². The van der Waals surface area contributed by atoms with Crippen molar-refractivity contribution in [2.24, 2.45) is 0 Å². The number of benzene rings is 3. The lowest BCUT2D eigenvalue weighted by Gasteiger charge is -2.23. The molecule has 3 aromatic carbocycles. The molecule has 0 saturated carbocycles. The highest BCUT2D eigenvalue weighted by molar-refractivity contribution is 7.94. The molecule has 1 amide bonds. The Bertz CT molecular complexity index is 2130. The molecule has 15 heteroatoms. The molecule has 0 bridgehead atoms. The molecule has 0 unspecified atom stereocenters. The van der Waals surface area contributed by atoms with E-state index in [9.17, 15) is 26.4 Å². The predicted octanol–water partition coefficient (Wildman–Crippen LogP) is 6.08. The monoisotopic (exact) mass is 751 g/mol. The Kier molecular flexibility index (Phi) is 14.7. The summed E-state index contributed by atoms with van der Waals surface area (Å²) in [5.74, 6) is -0.138. The smallest absolute Gasteiger partial charge is 0.341 e. The van der Waals surface area contributed by atoms with E-state index in [0.29, 0.717) is 34.1 Å². The van der Waals surface area contributed by atoms with Crippen molar-refractivity contribution < 1.29 is 45.7 Å². The van der Waals surface area contributed by atoms with Crippen molar-refractivity contribution in [2.75, 3.05) is 25.6 Å². The fourth-order valence-corrected chi connectivity index (χ4v) is 6.25. The van der Waals surface area contributed by atoms with Crippen molar-refractivity contribution >= 4 is 37.2 Å². The maximum Gasteiger partial charge on any atom is 0.341 e. The lowest BCUT2D eigenvalue weighted by Crippen LogP contribution is -2.22. The molecule has 0 aliphatic rings. The Morgan fingerprint density at radius 2 is 1.21 bits per heavy atom. The van der Waals surface area contributed by atoms with Gasteiger partial charge in [-0.3, -0.25) is 4.79 Å². The normalized spacial score (nSPS) is 11.9. The zero-order chi connectivity index (χ0) is 39.3. The van der Waals surface area contributed by atoms with Crippen LogP contribution in [0.15, 0.2) is 93.4 Å². The number of nitrogens with zero attached hydrogens (tertiary/aromatic N) is 2. The van der Waals surface area contributed by atoms with E-state index in [1.165, 1.54) is 43.5 Å². The summed E-state index contributed by atoms with van der Waals surface area (Å²) < 4.78 is 64.9. The van der Waals surface area contributed by atoms with E-state index in [1.807, 2.05) is 41.5 Å². The molecule has 52 heavy (non-hydrogen) atoms. The van der Waals surface area contributed by atoms with Gasteiger partial charge in [0.25, 0.3) is 5.91 Å². The third-order valence-corrected chi connectivity index (χ3v) is 9.69. The standard InChI is InChI=1S/C22H24N2O5S.C15H17NO5S/c1-22(2,3)19-14-18(30(26,27)12-6-11-23)9-10-20(19)29-15-21(25)24-16-7-5-8-17(13-16)28-4;1-15(2,3)12-9-11(22(19,20)8-4-7-16)5-6-13(12)21-10-14(17)18/h5-10,12-14H,15H2,1-4H3,(H,24,25);4-6,8-9H,10H2,1-3H3,(H,17,18). The lowest BCUT2D eigenvalue weighted by atomic mass is 9.86. The number of amides is 1. The van der Waals surface area contributed by atoms with Gasteiger partial charge in [-0.15, -0.1) is 0 Å². The molecular formula is C37H41N3O10S2. The summed E-state index contributed by atoms with van der Waals surface area (Å²) in [7, 11) is -5.94. The van der Waals surface area contributed by atoms with Crippen LogP contribution >= 0.6 is 0 Å². The highest BCUT2D eigenvalue weighted by atomic mass is 32.2. The average molecular weight is 752 g/mol. The number of carboxylic acids is 1. The fourth-order valence-electron chi connectivity index (χ4n) is 4.37. The van der Waals surface area contributed by atoms with Gasteiger partial charge in [0.1, 0.15) is 17.2 Å². The van der Waals surface area contributed by atoms with Gasteiger partial charge in [0.2, 0.25) is 19.7 Å². The number of nitriles is 2. The van der Waals surface area contributed by atoms with Gasteiger partial charge in [0.15, 0.2) is 13.2 Å². The number of methoxy groups -OCH3 is 1. The number of nitrogens with one attached hydrogen (secondary N) is 1. The number of anilines is 1. The van der Waals surface area contributed by atoms with Crippen LogP contribution in [0.5, 0.6) is 17.2 Å². The largest absolute Gasteiger partial charge is 0.497 e. The number of aliphatic carboxylic acids is 1. The number of sulfone groups is 2. The molecular weight excluding hydrogens is 711 g/mol. The molecule has 0 aliphatic carbocycles. The van der Waals surface area contributed by atoms with Gasteiger partial charge >= 0.3 is 5.97 Å². The summed E-state index contributed by atoms with van der Waals surface area (Å²) in [6.07, 6.45) is 1.81. The van der Waals surface area contributed by atoms with E-state index in [-0.39, 0.29) is 22.3 Å². The van der Waals surface area contributed by atoms with Gasteiger partial charge in [-0.05, 0) is 59.4 Å². The second-order valence-electron chi connectivity index (χ2n) is 13.0. The van der Waals surface area contributed by atoms with Crippen LogP contribution in [-0.2, 0) is 40.1 Å². The zero-order valence-corrected chi connectivity index (χ0v) is 31.5. The maximum absolute atomic E-state index is 12.4. The van der Waals surface area contributed by atoms with Crippen molar-refractivity contribution in [1.82, 2.24) is 0 Å². The van der Waals surface area contributed by atoms with E-state index in [2.05, 4.69) is 5.32 Å². The highest BCUT2D eigenvalue weighted by Crippen LogP contribution is 2.35. The van der Waals surface area contributed by atoms with Crippen molar-refractivity contribution in [2.45, 2.75) is 62.2 Å². The summed E-state index contributed by atoms with van der Waals surface area (Å²) in [5, 5.41) is 30.1. The number of carboxylic acid groups (broad SMARTS) is 1. The minimum absolute atomic E-state index is 0.0200. The highest BCUT2D eigenvalue weighted by Gasteiger charge is 2.24. The molecule has 0 fully saturated rings. The summed E-state index contributed by atoms with van der Waals surface area (Å²) in [6, 6.07) is 18.9.